The second-order valence-corrected chi connectivity index (χ2v) is 5.81. The zero-order chi connectivity index (χ0) is 16.6. The number of amides is 1. The van der Waals surface area contributed by atoms with E-state index in [0.717, 1.165) is 12.4 Å². The van der Waals surface area contributed by atoms with Crippen molar-refractivity contribution in [1.82, 2.24) is 14.9 Å². The van der Waals surface area contributed by atoms with Gasteiger partial charge in [-0.25, -0.2) is 9.97 Å². The Hall–Kier alpha value is -1.90. The summed E-state index contributed by atoms with van der Waals surface area (Å²) in [5.74, 6) is 0.182. The number of anilines is 1. The fourth-order valence-corrected chi connectivity index (χ4v) is 3.09. The summed E-state index contributed by atoms with van der Waals surface area (Å²) in [4.78, 5) is 22.6. The van der Waals surface area contributed by atoms with Crippen molar-refractivity contribution in [3.63, 3.8) is 0 Å². The van der Waals surface area contributed by atoms with Crippen molar-refractivity contribution >= 4 is 11.7 Å². The molecule has 0 saturated carbocycles. The molecule has 1 aromatic rings. The van der Waals surface area contributed by atoms with E-state index in [1.165, 1.54) is 0 Å². The number of likely N-dealkylation sites (tertiary alicyclic amines) is 1. The number of alkyl halides is 3. The minimum atomic E-state index is -4.49. The highest BCUT2D eigenvalue weighted by Crippen LogP contribution is 2.28. The van der Waals surface area contributed by atoms with E-state index in [0.29, 0.717) is 44.7 Å². The van der Waals surface area contributed by atoms with E-state index in [1.54, 1.807) is 4.90 Å². The van der Waals surface area contributed by atoms with Crippen molar-refractivity contribution in [2.45, 2.75) is 37.6 Å². The SMILES string of the molecule is O=C1C(O)CCN1C1CCN(c2cnc(C(F)(F)F)cn2)CC1. The first kappa shape index (κ1) is 16.0. The molecule has 0 aliphatic carbocycles. The monoisotopic (exact) mass is 330 g/mol. The molecule has 0 spiro atoms. The summed E-state index contributed by atoms with van der Waals surface area (Å²) in [6.07, 6.45) is -1.66. The molecular formula is C14H17F3N4O2. The molecule has 6 nitrogen and oxygen atoms in total. The number of aliphatic hydroxyl groups is 1. The van der Waals surface area contributed by atoms with Crippen LogP contribution in [0.2, 0.25) is 0 Å². The van der Waals surface area contributed by atoms with Crippen LogP contribution < -0.4 is 4.90 Å². The van der Waals surface area contributed by atoms with Crippen molar-refractivity contribution in [2.75, 3.05) is 24.5 Å². The Labute approximate surface area is 130 Å². The third-order valence-corrected chi connectivity index (χ3v) is 4.37. The summed E-state index contributed by atoms with van der Waals surface area (Å²) in [6, 6.07) is 0.0679. The Bertz CT molecular complexity index is 570. The summed E-state index contributed by atoms with van der Waals surface area (Å²) in [6.45, 7) is 1.74. The van der Waals surface area contributed by atoms with Gasteiger partial charge in [-0.05, 0) is 19.3 Å². The van der Waals surface area contributed by atoms with Gasteiger partial charge < -0.3 is 14.9 Å². The average Bonchev–Trinajstić information content (AvgIpc) is 2.86. The predicted octanol–water partition coefficient (Wildman–Crippen LogP) is 1.06. The van der Waals surface area contributed by atoms with Crippen LogP contribution in [0.15, 0.2) is 12.4 Å². The van der Waals surface area contributed by atoms with E-state index in [4.69, 9.17) is 0 Å². The second kappa shape index (κ2) is 5.95. The summed E-state index contributed by atoms with van der Waals surface area (Å²) < 4.78 is 37.4. The first-order valence-electron chi connectivity index (χ1n) is 7.49. The van der Waals surface area contributed by atoms with E-state index in [2.05, 4.69) is 9.97 Å². The van der Waals surface area contributed by atoms with E-state index in [9.17, 15) is 23.1 Å². The molecule has 1 unspecified atom stereocenters. The van der Waals surface area contributed by atoms with E-state index >= 15 is 0 Å². The van der Waals surface area contributed by atoms with E-state index in [-0.39, 0.29) is 11.9 Å². The van der Waals surface area contributed by atoms with Crippen LogP contribution in [0.25, 0.3) is 0 Å². The maximum atomic E-state index is 12.5. The van der Waals surface area contributed by atoms with Gasteiger partial charge in [0.1, 0.15) is 11.9 Å². The lowest BCUT2D eigenvalue weighted by atomic mass is 10.0. The minimum Gasteiger partial charge on any atom is -0.383 e. The normalized spacial score (nSPS) is 23.7. The average molecular weight is 330 g/mol. The fraction of sp³-hybridized carbons (Fsp3) is 0.643. The maximum absolute atomic E-state index is 12.5. The molecule has 1 N–H and O–H groups in total. The predicted molar refractivity (Wildman–Crippen MR) is 74.6 cm³/mol. The number of carbonyl (C=O) groups is 1. The molecule has 1 amide bonds. The molecule has 2 saturated heterocycles. The summed E-state index contributed by atoms with van der Waals surface area (Å²) >= 11 is 0. The van der Waals surface area contributed by atoms with Crippen LogP contribution >= 0.6 is 0 Å². The number of nitrogens with zero attached hydrogens (tertiary/aromatic N) is 4. The van der Waals surface area contributed by atoms with Crippen LogP contribution in [-0.2, 0) is 11.0 Å². The number of hydrogen-bond acceptors (Lipinski definition) is 5. The van der Waals surface area contributed by atoms with Crippen LogP contribution in [-0.4, -0.2) is 57.7 Å². The summed E-state index contributed by atoms with van der Waals surface area (Å²) in [5, 5.41) is 9.51. The molecule has 23 heavy (non-hydrogen) atoms. The number of hydrogen-bond donors (Lipinski definition) is 1. The van der Waals surface area contributed by atoms with Gasteiger partial charge in [-0.15, -0.1) is 0 Å². The molecule has 126 valence electrons. The highest BCUT2D eigenvalue weighted by atomic mass is 19.4. The zero-order valence-electron chi connectivity index (χ0n) is 12.3. The Morgan fingerprint density at radius 3 is 2.26 bits per heavy atom. The number of piperidine rings is 1. The largest absolute Gasteiger partial charge is 0.434 e. The number of aromatic nitrogens is 2. The number of rotatable bonds is 2. The lowest BCUT2D eigenvalue weighted by Gasteiger charge is -2.37. The zero-order valence-corrected chi connectivity index (χ0v) is 12.3. The van der Waals surface area contributed by atoms with Crippen LogP contribution in [0.1, 0.15) is 25.0 Å². The molecule has 1 atom stereocenters. The Morgan fingerprint density at radius 1 is 1.09 bits per heavy atom. The maximum Gasteiger partial charge on any atom is 0.434 e. The first-order chi connectivity index (χ1) is 10.9. The lowest BCUT2D eigenvalue weighted by molar-refractivity contribution is -0.141. The lowest BCUT2D eigenvalue weighted by Crippen LogP contribution is -2.46. The van der Waals surface area contributed by atoms with Crippen LogP contribution in [0.4, 0.5) is 19.0 Å². The Balaban J connectivity index is 1.60. The topological polar surface area (TPSA) is 69.6 Å². The highest BCUT2D eigenvalue weighted by Gasteiger charge is 2.36. The molecule has 0 aromatic carbocycles. The van der Waals surface area contributed by atoms with E-state index < -0.39 is 18.0 Å². The van der Waals surface area contributed by atoms with Crippen molar-refractivity contribution in [2.24, 2.45) is 0 Å². The standard InChI is InChI=1S/C14H17F3N4O2/c15-14(16,17)11-7-19-12(8-18-11)20-4-1-9(2-5-20)21-6-3-10(22)13(21)23/h7-10,22H,1-6H2. The smallest absolute Gasteiger partial charge is 0.383 e. The number of carbonyl (C=O) groups excluding carboxylic acids is 1. The molecule has 2 aliphatic rings. The molecule has 0 radical (unpaired) electrons. The molecule has 3 heterocycles. The summed E-state index contributed by atoms with van der Waals surface area (Å²) in [5.41, 5.74) is -1.01. The van der Waals surface area contributed by atoms with Gasteiger partial charge in [0.05, 0.1) is 12.4 Å². The first-order valence-corrected chi connectivity index (χ1v) is 7.49. The Morgan fingerprint density at radius 2 is 1.78 bits per heavy atom. The fourth-order valence-electron chi connectivity index (χ4n) is 3.09. The minimum absolute atomic E-state index is 0.0679. The van der Waals surface area contributed by atoms with Gasteiger partial charge in [0.2, 0.25) is 0 Å². The number of aliphatic hydroxyl groups excluding tert-OH is 1. The molecule has 0 bridgehead atoms. The second-order valence-electron chi connectivity index (χ2n) is 5.81. The molecule has 9 heteroatoms. The highest BCUT2D eigenvalue weighted by molar-refractivity contribution is 5.83. The van der Waals surface area contributed by atoms with Crippen molar-refractivity contribution in [3.8, 4) is 0 Å². The van der Waals surface area contributed by atoms with Gasteiger partial charge in [0.25, 0.3) is 5.91 Å². The molecule has 1 aromatic heterocycles. The molecule has 3 rings (SSSR count). The van der Waals surface area contributed by atoms with Crippen LogP contribution in [0, 0.1) is 0 Å². The Kier molecular flexibility index (Phi) is 4.13. The van der Waals surface area contributed by atoms with Gasteiger partial charge in [0, 0.05) is 25.7 Å². The van der Waals surface area contributed by atoms with Crippen molar-refractivity contribution < 1.29 is 23.1 Å². The van der Waals surface area contributed by atoms with Crippen molar-refractivity contribution in [1.29, 1.82) is 0 Å². The molecular weight excluding hydrogens is 313 g/mol. The van der Waals surface area contributed by atoms with Crippen molar-refractivity contribution in [3.05, 3.63) is 18.1 Å². The summed E-state index contributed by atoms with van der Waals surface area (Å²) in [7, 11) is 0. The third-order valence-electron chi connectivity index (χ3n) is 4.37. The molecule has 2 aliphatic heterocycles. The van der Waals surface area contributed by atoms with Crippen LogP contribution in [0.3, 0.4) is 0 Å². The van der Waals surface area contributed by atoms with E-state index in [1.807, 2.05) is 4.90 Å². The van der Waals surface area contributed by atoms with Crippen LogP contribution in [0.5, 0.6) is 0 Å². The molecule has 2 fully saturated rings. The number of halogens is 3. The quantitative estimate of drug-likeness (QED) is 0.878. The van der Waals surface area contributed by atoms with Gasteiger partial charge >= 0.3 is 6.18 Å². The third kappa shape index (κ3) is 3.24. The van der Waals surface area contributed by atoms with Gasteiger partial charge in [-0.1, -0.05) is 0 Å². The van der Waals surface area contributed by atoms with Gasteiger partial charge in [-0.3, -0.25) is 4.79 Å². The van der Waals surface area contributed by atoms with Gasteiger partial charge in [-0.2, -0.15) is 13.2 Å². The van der Waals surface area contributed by atoms with Gasteiger partial charge in [0.15, 0.2) is 5.69 Å².